The molecule has 0 aliphatic heterocycles. The molecule has 0 bridgehead atoms. The lowest BCUT2D eigenvalue weighted by Gasteiger charge is -2.34. The first-order valence-corrected chi connectivity index (χ1v) is 16.5. The van der Waals surface area contributed by atoms with Crippen LogP contribution in [0.15, 0.2) is 114 Å². The van der Waals surface area contributed by atoms with E-state index in [1.807, 2.05) is 69.3 Å². The molecule has 45 heavy (non-hydrogen) atoms. The van der Waals surface area contributed by atoms with Crippen LogP contribution in [0.25, 0.3) is 0 Å². The van der Waals surface area contributed by atoms with E-state index in [2.05, 4.69) is 5.32 Å². The van der Waals surface area contributed by atoms with Crippen LogP contribution in [0.3, 0.4) is 0 Å². The zero-order valence-electron chi connectivity index (χ0n) is 26.2. The summed E-state index contributed by atoms with van der Waals surface area (Å²) in [6.07, 6.45) is 0.957. The summed E-state index contributed by atoms with van der Waals surface area (Å²) in [5.74, 6) is -0.216. The number of aryl methyl sites for hydroxylation is 1. The zero-order valence-corrected chi connectivity index (χ0v) is 27.0. The van der Waals surface area contributed by atoms with Gasteiger partial charge in [-0.15, -0.1) is 0 Å². The molecule has 0 unspecified atom stereocenters. The molecule has 0 fully saturated rings. The van der Waals surface area contributed by atoms with Gasteiger partial charge in [0.05, 0.1) is 17.7 Å². The lowest BCUT2D eigenvalue weighted by atomic mass is 10.0. The fraction of sp³-hybridized carbons (Fsp3) is 0.278. The van der Waals surface area contributed by atoms with Gasteiger partial charge >= 0.3 is 0 Å². The van der Waals surface area contributed by atoms with Crippen LogP contribution in [0.1, 0.15) is 37.0 Å². The monoisotopic (exact) mass is 627 g/mol. The number of methoxy groups -OCH3 is 1. The zero-order chi connectivity index (χ0) is 32.4. The quantitative estimate of drug-likeness (QED) is 0.192. The molecule has 9 heteroatoms. The van der Waals surface area contributed by atoms with Gasteiger partial charge in [-0.3, -0.25) is 13.9 Å². The SMILES string of the molecule is CC[C@H](C)NC(=O)[C@H](Cc1ccccc1)N(Cc1cccc(OC)c1)C(=O)CN(c1ccc(C)cc1)S(=O)(=O)c1ccccc1. The van der Waals surface area contributed by atoms with E-state index in [1.54, 1.807) is 55.6 Å². The van der Waals surface area contributed by atoms with Crippen LogP contribution in [0.2, 0.25) is 0 Å². The molecule has 4 aromatic rings. The Labute approximate surface area is 266 Å². The van der Waals surface area contributed by atoms with Gasteiger partial charge in [0, 0.05) is 19.0 Å². The van der Waals surface area contributed by atoms with Crippen molar-refractivity contribution >= 4 is 27.5 Å². The number of rotatable bonds is 14. The number of anilines is 1. The molecule has 2 amide bonds. The average Bonchev–Trinajstić information content (AvgIpc) is 3.06. The number of benzene rings is 4. The maximum absolute atomic E-state index is 14.5. The van der Waals surface area contributed by atoms with Gasteiger partial charge in [0.25, 0.3) is 10.0 Å². The lowest BCUT2D eigenvalue weighted by molar-refractivity contribution is -0.140. The van der Waals surface area contributed by atoms with Crippen molar-refractivity contribution in [2.45, 2.75) is 57.1 Å². The van der Waals surface area contributed by atoms with Crippen LogP contribution in [0.4, 0.5) is 5.69 Å². The second-order valence-electron chi connectivity index (χ2n) is 11.1. The number of ether oxygens (including phenoxy) is 1. The number of carbonyl (C=O) groups excluding carboxylic acids is 2. The molecule has 0 aromatic heterocycles. The summed E-state index contributed by atoms with van der Waals surface area (Å²) >= 11 is 0. The maximum atomic E-state index is 14.5. The first-order valence-electron chi connectivity index (χ1n) is 15.0. The summed E-state index contributed by atoms with van der Waals surface area (Å²) in [4.78, 5) is 30.0. The van der Waals surface area contributed by atoms with Crippen LogP contribution in [-0.2, 0) is 32.6 Å². The standard InChI is InChI=1S/C36H41N3O5S/c1-5-28(3)37-36(41)34(24-29-13-8-6-9-14-29)38(25-30-15-12-16-32(23-30)44-4)35(40)26-39(31-21-19-27(2)20-22-31)45(42,43)33-17-10-7-11-18-33/h6-23,28,34H,5,24-26H2,1-4H3,(H,37,41)/t28-,34-/m0/s1. The van der Waals surface area contributed by atoms with Crippen molar-refractivity contribution in [2.24, 2.45) is 0 Å². The molecule has 0 saturated heterocycles. The van der Waals surface area contributed by atoms with E-state index in [1.165, 1.54) is 17.0 Å². The van der Waals surface area contributed by atoms with Crippen LogP contribution in [0.5, 0.6) is 5.75 Å². The van der Waals surface area contributed by atoms with Crippen LogP contribution in [-0.4, -0.2) is 50.9 Å². The third-order valence-electron chi connectivity index (χ3n) is 7.69. The number of amides is 2. The Balaban J connectivity index is 1.81. The van der Waals surface area contributed by atoms with Gasteiger partial charge in [0.2, 0.25) is 11.8 Å². The Morgan fingerprint density at radius 1 is 0.844 bits per heavy atom. The van der Waals surface area contributed by atoms with Crippen molar-refractivity contribution < 1.29 is 22.7 Å². The van der Waals surface area contributed by atoms with E-state index in [-0.39, 0.29) is 29.8 Å². The van der Waals surface area contributed by atoms with Crippen LogP contribution in [0, 0.1) is 6.92 Å². The predicted molar refractivity (Wildman–Crippen MR) is 178 cm³/mol. The van der Waals surface area contributed by atoms with Gasteiger partial charge in [-0.25, -0.2) is 8.42 Å². The summed E-state index contributed by atoms with van der Waals surface area (Å²) < 4.78 is 34.7. The Kier molecular flexibility index (Phi) is 11.4. The molecule has 0 spiro atoms. The molecule has 4 rings (SSSR count). The summed E-state index contributed by atoms with van der Waals surface area (Å²) in [6, 6.07) is 30.8. The number of carbonyl (C=O) groups is 2. The maximum Gasteiger partial charge on any atom is 0.264 e. The van der Waals surface area contributed by atoms with Crippen molar-refractivity contribution in [2.75, 3.05) is 18.0 Å². The molecule has 8 nitrogen and oxygen atoms in total. The summed E-state index contributed by atoms with van der Waals surface area (Å²) in [5.41, 5.74) is 2.91. The number of hydrogen-bond donors (Lipinski definition) is 1. The third-order valence-corrected chi connectivity index (χ3v) is 9.48. The van der Waals surface area contributed by atoms with E-state index in [9.17, 15) is 18.0 Å². The molecule has 0 aliphatic rings. The highest BCUT2D eigenvalue weighted by Gasteiger charge is 2.35. The van der Waals surface area contributed by atoms with E-state index < -0.39 is 28.5 Å². The number of sulfonamides is 1. The molecular weight excluding hydrogens is 586 g/mol. The van der Waals surface area contributed by atoms with Crippen molar-refractivity contribution in [1.82, 2.24) is 10.2 Å². The topological polar surface area (TPSA) is 96.0 Å². The largest absolute Gasteiger partial charge is 0.497 e. The minimum atomic E-state index is -4.14. The highest BCUT2D eigenvalue weighted by Crippen LogP contribution is 2.26. The molecular formula is C36H41N3O5S. The molecule has 2 atom stereocenters. The van der Waals surface area contributed by atoms with E-state index in [0.29, 0.717) is 17.9 Å². The second-order valence-corrected chi connectivity index (χ2v) is 12.9. The normalized spacial score (nSPS) is 12.5. The van der Waals surface area contributed by atoms with Gasteiger partial charge in [-0.05, 0) is 67.8 Å². The summed E-state index contributed by atoms with van der Waals surface area (Å²) in [5, 5.41) is 3.05. The predicted octanol–water partition coefficient (Wildman–Crippen LogP) is 5.75. The molecule has 0 saturated carbocycles. The Morgan fingerprint density at radius 3 is 2.09 bits per heavy atom. The number of nitrogens with one attached hydrogen (secondary N) is 1. The Hall–Kier alpha value is -4.63. The minimum Gasteiger partial charge on any atom is -0.497 e. The third kappa shape index (κ3) is 8.73. The van der Waals surface area contributed by atoms with E-state index in [0.717, 1.165) is 21.0 Å². The first kappa shape index (κ1) is 33.3. The molecule has 0 aliphatic carbocycles. The fourth-order valence-corrected chi connectivity index (χ4v) is 6.36. The second kappa shape index (κ2) is 15.4. The van der Waals surface area contributed by atoms with Crippen molar-refractivity contribution in [3.63, 3.8) is 0 Å². The number of nitrogens with zero attached hydrogens (tertiary/aromatic N) is 2. The Bertz CT molecular complexity index is 1660. The molecule has 0 radical (unpaired) electrons. The lowest BCUT2D eigenvalue weighted by Crippen LogP contribution is -2.54. The van der Waals surface area contributed by atoms with Gasteiger partial charge in [0.15, 0.2) is 0 Å². The van der Waals surface area contributed by atoms with E-state index >= 15 is 0 Å². The average molecular weight is 628 g/mol. The highest BCUT2D eigenvalue weighted by molar-refractivity contribution is 7.92. The Morgan fingerprint density at radius 2 is 1.47 bits per heavy atom. The minimum absolute atomic E-state index is 0.0630. The molecule has 0 heterocycles. The van der Waals surface area contributed by atoms with Crippen molar-refractivity contribution in [3.05, 3.63) is 126 Å². The van der Waals surface area contributed by atoms with Crippen molar-refractivity contribution in [1.29, 1.82) is 0 Å². The van der Waals surface area contributed by atoms with Gasteiger partial charge in [0.1, 0.15) is 18.3 Å². The van der Waals surface area contributed by atoms with Gasteiger partial charge < -0.3 is 15.0 Å². The van der Waals surface area contributed by atoms with E-state index in [4.69, 9.17) is 4.74 Å². The molecule has 1 N–H and O–H groups in total. The van der Waals surface area contributed by atoms with Crippen LogP contribution >= 0.6 is 0 Å². The molecule has 236 valence electrons. The van der Waals surface area contributed by atoms with Gasteiger partial charge in [-0.2, -0.15) is 0 Å². The molecule has 4 aromatic carbocycles. The fourth-order valence-electron chi connectivity index (χ4n) is 4.92. The van der Waals surface area contributed by atoms with Gasteiger partial charge in [-0.1, -0.05) is 85.3 Å². The number of hydrogen-bond acceptors (Lipinski definition) is 5. The summed E-state index contributed by atoms with van der Waals surface area (Å²) in [6.45, 7) is 5.35. The summed E-state index contributed by atoms with van der Waals surface area (Å²) in [7, 11) is -2.58. The van der Waals surface area contributed by atoms with Crippen LogP contribution < -0.4 is 14.4 Å². The van der Waals surface area contributed by atoms with Crippen molar-refractivity contribution in [3.8, 4) is 5.75 Å². The smallest absolute Gasteiger partial charge is 0.264 e. The highest BCUT2D eigenvalue weighted by atomic mass is 32.2. The first-order chi connectivity index (χ1) is 21.6.